The molecule has 0 bridgehead atoms. The quantitative estimate of drug-likeness (QED) is 0.688. The first-order chi connectivity index (χ1) is 10.7. The Bertz CT molecular complexity index is 802. The van der Waals surface area contributed by atoms with E-state index in [1.54, 1.807) is 30.5 Å². The van der Waals surface area contributed by atoms with Crippen molar-refractivity contribution in [2.75, 3.05) is 0 Å². The average molecular weight is 330 g/mol. The molecule has 0 unspecified atom stereocenters. The van der Waals surface area contributed by atoms with Crippen LogP contribution in [0.2, 0.25) is 0 Å². The maximum absolute atomic E-state index is 12.2. The van der Waals surface area contributed by atoms with Crippen LogP contribution in [0.4, 0.5) is 0 Å². The van der Waals surface area contributed by atoms with Gasteiger partial charge in [0.05, 0.1) is 11.1 Å². The van der Waals surface area contributed by atoms with Crippen molar-refractivity contribution in [3.63, 3.8) is 0 Å². The van der Waals surface area contributed by atoms with Gasteiger partial charge in [0.1, 0.15) is 0 Å². The monoisotopic (exact) mass is 330 g/mol. The van der Waals surface area contributed by atoms with Crippen LogP contribution in [-0.2, 0) is 15.4 Å². The first-order valence-electron chi connectivity index (χ1n) is 7.41. The minimum atomic E-state index is -3.64. The molecule has 0 atom stereocenters. The van der Waals surface area contributed by atoms with Gasteiger partial charge in [-0.25, -0.2) is 4.83 Å². The normalized spacial score (nSPS) is 12.5. The van der Waals surface area contributed by atoms with Gasteiger partial charge in [0.15, 0.2) is 0 Å². The minimum absolute atomic E-state index is 0.0432. The maximum atomic E-state index is 12.2. The number of hydrogen-bond acceptors (Lipinski definition) is 3. The standard InChI is InChI=1S/C18H22N2O2S/c1-14-9-11-16(12-10-14)23(21,22)20-19-13-15-7-5-6-8-17(15)18(2,3)4/h5-13,20H,1-4H3. The molecule has 2 aromatic carbocycles. The lowest BCUT2D eigenvalue weighted by Crippen LogP contribution is -2.19. The SMILES string of the molecule is Cc1ccc(S(=O)(=O)NN=Cc2ccccc2C(C)(C)C)cc1. The summed E-state index contributed by atoms with van der Waals surface area (Å²) < 4.78 is 24.4. The van der Waals surface area contributed by atoms with Gasteiger partial charge in [0, 0.05) is 0 Å². The number of rotatable bonds is 4. The second-order valence-corrected chi connectivity index (χ2v) is 8.16. The van der Waals surface area contributed by atoms with Crippen LogP contribution in [0.25, 0.3) is 0 Å². The van der Waals surface area contributed by atoms with Gasteiger partial charge in [-0.2, -0.15) is 13.5 Å². The molecule has 0 saturated heterocycles. The Kier molecular flexibility index (Phi) is 4.90. The Morgan fingerprint density at radius 2 is 1.61 bits per heavy atom. The van der Waals surface area contributed by atoms with E-state index < -0.39 is 10.0 Å². The van der Waals surface area contributed by atoms with Crippen molar-refractivity contribution >= 4 is 16.2 Å². The van der Waals surface area contributed by atoms with E-state index in [0.29, 0.717) is 0 Å². The molecule has 122 valence electrons. The van der Waals surface area contributed by atoms with Crippen LogP contribution in [0.3, 0.4) is 0 Å². The smallest absolute Gasteiger partial charge is 0.200 e. The summed E-state index contributed by atoms with van der Waals surface area (Å²) in [6, 6.07) is 14.5. The van der Waals surface area contributed by atoms with Gasteiger partial charge < -0.3 is 0 Å². The Morgan fingerprint density at radius 1 is 1.00 bits per heavy atom. The van der Waals surface area contributed by atoms with Crippen LogP contribution in [-0.4, -0.2) is 14.6 Å². The molecule has 1 N–H and O–H groups in total. The summed E-state index contributed by atoms with van der Waals surface area (Å²) in [5.74, 6) is 0. The highest BCUT2D eigenvalue weighted by Gasteiger charge is 2.16. The Hall–Kier alpha value is -2.14. The summed E-state index contributed by atoms with van der Waals surface area (Å²) in [6.45, 7) is 8.23. The second kappa shape index (κ2) is 6.54. The van der Waals surface area contributed by atoms with E-state index in [4.69, 9.17) is 0 Å². The molecule has 0 aliphatic rings. The third-order valence-corrected chi connectivity index (χ3v) is 4.72. The van der Waals surface area contributed by atoms with Crippen LogP contribution in [0, 0.1) is 6.92 Å². The Labute approximate surface area is 138 Å². The predicted octanol–water partition coefficient (Wildman–Crippen LogP) is 3.60. The highest BCUT2D eigenvalue weighted by Crippen LogP contribution is 2.24. The predicted molar refractivity (Wildman–Crippen MR) is 94.2 cm³/mol. The molecule has 2 aromatic rings. The molecule has 0 aliphatic heterocycles. The lowest BCUT2D eigenvalue weighted by molar-refractivity contribution is 0.584. The molecular formula is C18H22N2O2S. The molecule has 5 heteroatoms. The first kappa shape index (κ1) is 17.2. The summed E-state index contributed by atoms with van der Waals surface area (Å²) in [5.41, 5.74) is 2.97. The molecule has 0 heterocycles. The number of hydrazone groups is 1. The van der Waals surface area contributed by atoms with Gasteiger partial charge in [-0.05, 0) is 35.6 Å². The Balaban J connectivity index is 2.21. The van der Waals surface area contributed by atoms with Gasteiger partial charge in [-0.1, -0.05) is 62.7 Å². The van der Waals surface area contributed by atoms with Crippen LogP contribution in [0.15, 0.2) is 58.5 Å². The van der Waals surface area contributed by atoms with Crippen molar-refractivity contribution in [1.82, 2.24) is 4.83 Å². The fourth-order valence-electron chi connectivity index (χ4n) is 2.23. The largest absolute Gasteiger partial charge is 0.276 e. The van der Waals surface area contributed by atoms with E-state index in [1.807, 2.05) is 31.2 Å². The van der Waals surface area contributed by atoms with Gasteiger partial charge in [-0.3, -0.25) is 0 Å². The van der Waals surface area contributed by atoms with Crippen molar-refractivity contribution in [2.24, 2.45) is 5.10 Å². The van der Waals surface area contributed by atoms with Crippen LogP contribution >= 0.6 is 0 Å². The van der Waals surface area contributed by atoms with E-state index in [1.165, 1.54) is 0 Å². The first-order valence-corrected chi connectivity index (χ1v) is 8.89. The van der Waals surface area contributed by atoms with Crippen LogP contribution < -0.4 is 4.83 Å². The number of nitrogens with one attached hydrogen (secondary N) is 1. The van der Waals surface area contributed by atoms with Crippen LogP contribution in [0.1, 0.15) is 37.5 Å². The van der Waals surface area contributed by atoms with E-state index >= 15 is 0 Å². The van der Waals surface area contributed by atoms with E-state index in [9.17, 15) is 8.42 Å². The molecule has 23 heavy (non-hydrogen) atoms. The Morgan fingerprint density at radius 3 is 2.22 bits per heavy atom. The average Bonchev–Trinajstić information content (AvgIpc) is 2.47. The zero-order chi connectivity index (χ0) is 17.1. The lowest BCUT2D eigenvalue weighted by Gasteiger charge is -2.21. The number of aryl methyl sites for hydroxylation is 1. The van der Waals surface area contributed by atoms with Crippen molar-refractivity contribution in [3.05, 3.63) is 65.2 Å². The molecule has 0 radical (unpaired) electrons. The second-order valence-electron chi connectivity index (χ2n) is 6.50. The third-order valence-electron chi connectivity index (χ3n) is 3.48. The highest BCUT2D eigenvalue weighted by atomic mass is 32.2. The van der Waals surface area contributed by atoms with Crippen molar-refractivity contribution in [3.8, 4) is 0 Å². The molecule has 0 amide bonds. The lowest BCUT2D eigenvalue weighted by atomic mass is 9.84. The van der Waals surface area contributed by atoms with Gasteiger partial charge in [-0.15, -0.1) is 0 Å². The molecule has 0 fully saturated rings. The van der Waals surface area contributed by atoms with Gasteiger partial charge >= 0.3 is 0 Å². The summed E-state index contributed by atoms with van der Waals surface area (Å²) in [5, 5.41) is 3.92. The maximum Gasteiger partial charge on any atom is 0.276 e. The highest BCUT2D eigenvalue weighted by molar-refractivity contribution is 7.89. The van der Waals surface area contributed by atoms with Crippen molar-refractivity contribution in [2.45, 2.75) is 38.0 Å². The molecule has 0 aromatic heterocycles. The number of benzene rings is 2. The van der Waals surface area contributed by atoms with Crippen LogP contribution in [0.5, 0.6) is 0 Å². The molecule has 0 aliphatic carbocycles. The summed E-state index contributed by atoms with van der Waals surface area (Å²) in [4.78, 5) is 2.46. The molecule has 0 spiro atoms. The number of nitrogens with zero attached hydrogens (tertiary/aromatic N) is 1. The van der Waals surface area contributed by atoms with Crippen molar-refractivity contribution < 1.29 is 8.42 Å². The number of sulfonamides is 1. The molecular weight excluding hydrogens is 308 g/mol. The fourth-order valence-corrected chi connectivity index (χ4v) is 3.02. The zero-order valence-corrected chi connectivity index (χ0v) is 14.7. The van der Waals surface area contributed by atoms with E-state index in [0.717, 1.165) is 16.7 Å². The summed E-state index contributed by atoms with van der Waals surface area (Å²) in [7, 11) is -3.64. The zero-order valence-electron chi connectivity index (χ0n) is 13.9. The third kappa shape index (κ3) is 4.42. The minimum Gasteiger partial charge on any atom is -0.200 e. The molecule has 0 saturated carbocycles. The van der Waals surface area contributed by atoms with Crippen molar-refractivity contribution in [1.29, 1.82) is 0 Å². The number of hydrogen-bond donors (Lipinski definition) is 1. The van der Waals surface area contributed by atoms with E-state index in [2.05, 4.69) is 30.7 Å². The fraction of sp³-hybridized carbons (Fsp3) is 0.278. The van der Waals surface area contributed by atoms with Gasteiger partial charge in [0.2, 0.25) is 0 Å². The van der Waals surface area contributed by atoms with Gasteiger partial charge in [0.25, 0.3) is 10.0 Å². The summed E-state index contributed by atoms with van der Waals surface area (Å²) in [6.07, 6.45) is 1.55. The van der Waals surface area contributed by atoms with E-state index in [-0.39, 0.29) is 10.3 Å². The summed E-state index contributed by atoms with van der Waals surface area (Å²) >= 11 is 0. The molecule has 2 rings (SSSR count). The molecule has 4 nitrogen and oxygen atoms in total. The topological polar surface area (TPSA) is 58.5 Å².